The third-order valence-corrected chi connectivity index (χ3v) is 3.60. The summed E-state index contributed by atoms with van der Waals surface area (Å²) in [7, 11) is 3.65. The summed E-state index contributed by atoms with van der Waals surface area (Å²) in [5, 5.41) is 8.61. The average Bonchev–Trinajstić information content (AvgIpc) is 2.84. The zero-order valence-electron chi connectivity index (χ0n) is 12.6. The number of amides is 3. The minimum Gasteiger partial charge on any atom is -0.342 e. The summed E-state index contributed by atoms with van der Waals surface area (Å²) in [4.78, 5) is 26.0. The molecule has 0 radical (unpaired) electrons. The number of likely N-dealkylation sites (N-methyl/N-ethyl adjacent to an activating group) is 2. The Balaban J connectivity index is 0.00000361. The van der Waals surface area contributed by atoms with Crippen LogP contribution in [0, 0.1) is 0 Å². The van der Waals surface area contributed by atoms with Crippen molar-refractivity contribution in [1.82, 2.24) is 20.9 Å². The molecule has 1 aliphatic rings. The van der Waals surface area contributed by atoms with Gasteiger partial charge in [0.15, 0.2) is 0 Å². The van der Waals surface area contributed by atoms with Crippen LogP contribution < -0.4 is 16.0 Å². The van der Waals surface area contributed by atoms with Crippen molar-refractivity contribution in [1.29, 1.82) is 0 Å². The lowest BCUT2D eigenvalue weighted by Crippen LogP contribution is -2.59. The highest BCUT2D eigenvalue weighted by Crippen LogP contribution is 2.31. The number of hydrogen-bond acceptors (Lipinski definition) is 3. The summed E-state index contributed by atoms with van der Waals surface area (Å²) in [6.07, 6.45) is 3.43. The molecule has 20 heavy (non-hydrogen) atoms. The Morgan fingerprint density at radius 3 is 2.35 bits per heavy atom. The van der Waals surface area contributed by atoms with Crippen LogP contribution in [0.4, 0.5) is 4.79 Å². The molecule has 3 N–H and O–H groups in total. The number of halogens is 1. The van der Waals surface area contributed by atoms with Gasteiger partial charge in [-0.15, -0.1) is 12.4 Å². The molecule has 0 aromatic carbocycles. The van der Waals surface area contributed by atoms with Gasteiger partial charge in [0, 0.05) is 26.7 Å². The van der Waals surface area contributed by atoms with E-state index in [1.165, 1.54) is 0 Å². The third kappa shape index (κ3) is 4.83. The monoisotopic (exact) mass is 306 g/mol. The van der Waals surface area contributed by atoms with Crippen LogP contribution in [-0.2, 0) is 4.79 Å². The number of hydrogen-bond donors (Lipinski definition) is 3. The SMILES string of the molecule is CCNC(=O)NC1(C(=O)N(C)CCNC)CCCC1.Cl. The van der Waals surface area contributed by atoms with Crippen LogP contribution >= 0.6 is 12.4 Å². The maximum Gasteiger partial charge on any atom is 0.315 e. The van der Waals surface area contributed by atoms with E-state index >= 15 is 0 Å². The predicted molar refractivity (Wildman–Crippen MR) is 82.2 cm³/mol. The van der Waals surface area contributed by atoms with Crippen molar-refractivity contribution in [2.75, 3.05) is 33.7 Å². The molecule has 7 heteroatoms. The van der Waals surface area contributed by atoms with Crippen LogP contribution in [-0.4, -0.2) is 56.1 Å². The molecule has 1 aliphatic carbocycles. The number of nitrogens with one attached hydrogen (secondary N) is 3. The van der Waals surface area contributed by atoms with Gasteiger partial charge in [-0.3, -0.25) is 4.79 Å². The van der Waals surface area contributed by atoms with Crippen molar-refractivity contribution < 1.29 is 9.59 Å². The molecule has 6 nitrogen and oxygen atoms in total. The maximum atomic E-state index is 12.6. The molecule has 0 unspecified atom stereocenters. The first-order valence-corrected chi connectivity index (χ1v) is 7.02. The topological polar surface area (TPSA) is 73.5 Å². The lowest BCUT2D eigenvalue weighted by molar-refractivity contribution is -0.136. The zero-order valence-corrected chi connectivity index (χ0v) is 13.4. The number of nitrogens with zero attached hydrogens (tertiary/aromatic N) is 1. The summed E-state index contributed by atoms with van der Waals surface area (Å²) < 4.78 is 0. The van der Waals surface area contributed by atoms with Gasteiger partial charge in [-0.25, -0.2) is 4.79 Å². The largest absolute Gasteiger partial charge is 0.342 e. The molecule has 0 aromatic rings. The highest BCUT2D eigenvalue weighted by Gasteiger charge is 2.43. The van der Waals surface area contributed by atoms with Gasteiger partial charge >= 0.3 is 6.03 Å². The fraction of sp³-hybridized carbons (Fsp3) is 0.846. The Morgan fingerprint density at radius 2 is 1.85 bits per heavy atom. The van der Waals surface area contributed by atoms with Crippen LogP contribution in [0.2, 0.25) is 0 Å². The van der Waals surface area contributed by atoms with Crippen molar-refractivity contribution in [2.24, 2.45) is 0 Å². The fourth-order valence-corrected chi connectivity index (χ4v) is 2.54. The molecule has 0 bridgehead atoms. The summed E-state index contributed by atoms with van der Waals surface area (Å²) in [5.41, 5.74) is -0.707. The lowest BCUT2D eigenvalue weighted by atomic mass is 9.95. The molecule has 1 saturated carbocycles. The summed E-state index contributed by atoms with van der Waals surface area (Å²) in [6, 6.07) is -0.250. The molecule has 118 valence electrons. The Labute approximate surface area is 127 Å². The second-order valence-corrected chi connectivity index (χ2v) is 5.10. The molecule has 0 saturated heterocycles. The van der Waals surface area contributed by atoms with Gasteiger partial charge in [0.1, 0.15) is 5.54 Å². The molecule has 0 spiro atoms. The first kappa shape index (κ1) is 19.0. The van der Waals surface area contributed by atoms with Crippen molar-refractivity contribution in [3.63, 3.8) is 0 Å². The first-order valence-electron chi connectivity index (χ1n) is 7.02. The van der Waals surface area contributed by atoms with Crippen LogP contribution in [0.1, 0.15) is 32.6 Å². The van der Waals surface area contributed by atoms with Crippen molar-refractivity contribution in [3.05, 3.63) is 0 Å². The van der Waals surface area contributed by atoms with Gasteiger partial charge < -0.3 is 20.9 Å². The molecule has 3 amide bonds. The smallest absolute Gasteiger partial charge is 0.315 e. The Bertz CT molecular complexity index is 319. The van der Waals surface area contributed by atoms with Gasteiger partial charge in [0.2, 0.25) is 5.91 Å². The van der Waals surface area contributed by atoms with E-state index in [0.717, 1.165) is 32.2 Å². The van der Waals surface area contributed by atoms with Crippen molar-refractivity contribution >= 4 is 24.3 Å². The molecule has 0 heterocycles. The molecular weight excluding hydrogens is 280 g/mol. The molecule has 1 rings (SSSR count). The zero-order chi connectivity index (χ0) is 14.3. The Morgan fingerprint density at radius 1 is 1.25 bits per heavy atom. The minimum atomic E-state index is -0.707. The molecule has 0 aliphatic heterocycles. The minimum absolute atomic E-state index is 0. The first-order chi connectivity index (χ1) is 9.05. The van der Waals surface area contributed by atoms with E-state index < -0.39 is 5.54 Å². The maximum absolute atomic E-state index is 12.6. The molecular formula is C13H27ClN4O2. The van der Waals surface area contributed by atoms with Crippen LogP contribution in [0.5, 0.6) is 0 Å². The van der Waals surface area contributed by atoms with Crippen molar-refractivity contribution in [2.45, 2.75) is 38.1 Å². The van der Waals surface area contributed by atoms with E-state index in [0.29, 0.717) is 13.1 Å². The van der Waals surface area contributed by atoms with E-state index in [1.807, 2.05) is 14.0 Å². The van der Waals surface area contributed by atoms with Gasteiger partial charge in [0.25, 0.3) is 0 Å². The van der Waals surface area contributed by atoms with Gasteiger partial charge in [-0.05, 0) is 26.8 Å². The van der Waals surface area contributed by atoms with Gasteiger partial charge in [-0.1, -0.05) is 12.8 Å². The van der Waals surface area contributed by atoms with E-state index in [1.54, 1.807) is 11.9 Å². The summed E-state index contributed by atoms with van der Waals surface area (Å²) >= 11 is 0. The highest BCUT2D eigenvalue weighted by molar-refractivity contribution is 5.91. The summed E-state index contributed by atoms with van der Waals surface area (Å²) in [5.74, 6) is 0.0199. The second kappa shape index (κ2) is 9.02. The average molecular weight is 307 g/mol. The van der Waals surface area contributed by atoms with E-state index in [-0.39, 0.29) is 24.3 Å². The Kier molecular flexibility index (Phi) is 8.57. The summed E-state index contributed by atoms with van der Waals surface area (Å²) in [6.45, 7) is 3.82. The van der Waals surface area contributed by atoms with Crippen molar-refractivity contribution in [3.8, 4) is 0 Å². The van der Waals surface area contributed by atoms with Gasteiger partial charge in [-0.2, -0.15) is 0 Å². The number of carbonyl (C=O) groups excluding carboxylic acids is 2. The quantitative estimate of drug-likeness (QED) is 0.677. The van der Waals surface area contributed by atoms with E-state index in [9.17, 15) is 9.59 Å². The Hall–Kier alpha value is -1.01. The molecule has 0 atom stereocenters. The second-order valence-electron chi connectivity index (χ2n) is 5.10. The fourth-order valence-electron chi connectivity index (χ4n) is 2.54. The van der Waals surface area contributed by atoms with Crippen LogP contribution in [0.3, 0.4) is 0 Å². The number of carbonyl (C=O) groups is 2. The highest BCUT2D eigenvalue weighted by atomic mass is 35.5. The van der Waals surface area contributed by atoms with E-state index in [2.05, 4.69) is 16.0 Å². The van der Waals surface area contributed by atoms with Crippen LogP contribution in [0.25, 0.3) is 0 Å². The standard InChI is InChI=1S/C13H26N4O2.ClH/c1-4-15-12(19)16-13(7-5-6-8-13)11(18)17(3)10-9-14-2;/h14H,4-10H2,1-3H3,(H2,15,16,19);1H. The number of urea groups is 1. The predicted octanol–water partition coefficient (Wildman–Crippen LogP) is 0.718. The number of rotatable bonds is 6. The lowest BCUT2D eigenvalue weighted by Gasteiger charge is -2.33. The van der Waals surface area contributed by atoms with Crippen LogP contribution in [0.15, 0.2) is 0 Å². The van der Waals surface area contributed by atoms with E-state index in [4.69, 9.17) is 0 Å². The van der Waals surface area contributed by atoms with Gasteiger partial charge in [0.05, 0.1) is 0 Å². The normalized spacial score (nSPS) is 16.1. The molecule has 1 fully saturated rings. The molecule has 0 aromatic heterocycles. The third-order valence-electron chi connectivity index (χ3n) is 3.60.